The van der Waals surface area contributed by atoms with E-state index < -0.39 is 6.04 Å². The van der Waals surface area contributed by atoms with Crippen molar-refractivity contribution in [1.29, 1.82) is 0 Å². The number of halogens is 3. The van der Waals surface area contributed by atoms with E-state index in [1.54, 1.807) is 30.0 Å². The highest BCUT2D eigenvalue weighted by Gasteiger charge is 2.28. The number of rotatable bonds is 9. The minimum Gasteiger partial charge on any atom is -0.352 e. The topological polar surface area (TPSA) is 49.4 Å². The Labute approximate surface area is 212 Å². The molecular weight excluding hydrogens is 531 g/mol. The summed E-state index contributed by atoms with van der Waals surface area (Å²) < 4.78 is 0.971. The van der Waals surface area contributed by atoms with Gasteiger partial charge < -0.3 is 10.2 Å². The molecule has 0 heterocycles. The summed E-state index contributed by atoms with van der Waals surface area (Å²) in [6.45, 7) is 2.18. The molecule has 2 aromatic carbocycles. The number of carbonyl (C=O) groups is 2. The number of amides is 2. The first kappa shape index (κ1) is 25.4. The zero-order chi connectivity index (χ0) is 23.1. The molecular formula is C24H27BrCl2N2O2S. The Kier molecular flexibility index (Phi) is 9.77. The Hall–Kier alpha value is -1.21. The lowest BCUT2D eigenvalue weighted by molar-refractivity contribution is -0.138. The van der Waals surface area contributed by atoms with Crippen LogP contribution in [0.4, 0.5) is 0 Å². The van der Waals surface area contributed by atoms with Crippen molar-refractivity contribution in [3.05, 3.63) is 68.1 Å². The predicted octanol–water partition coefficient (Wildman–Crippen LogP) is 6.47. The number of benzene rings is 2. The highest BCUT2D eigenvalue weighted by Crippen LogP contribution is 2.28. The molecule has 4 nitrogen and oxygen atoms in total. The second-order valence-electron chi connectivity index (χ2n) is 8.01. The van der Waals surface area contributed by atoms with Crippen LogP contribution in [0, 0.1) is 0 Å². The summed E-state index contributed by atoms with van der Waals surface area (Å²) in [5.74, 6) is 0.578. The molecule has 8 heteroatoms. The molecule has 172 valence electrons. The van der Waals surface area contributed by atoms with Gasteiger partial charge in [-0.25, -0.2) is 0 Å². The lowest BCUT2D eigenvalue weighted by Crippen LogP contribution is -2.50. The van der Waals surface area contributed by atoms with Crippen LogP contribution in [-0.2, 0) is 21.9 Å². The van der Waals surface area contributed by atoms with E-state index >= 15 is 0 Å². The fraction of sp³-hybridized carbons (Fsp3) is 0.417. The van der Waals surface area contributed by atoms with E-state index in [-0.39, 0.29) is 23.6 Å². The van der Waals surface area contributed by atoms with Crippen LogP contribution < -0.4 is 5.32 Å². The predicted molar refractivity (Wildman–Crippen MR) is 137 cm³/mol. The van der Waals surface area contributed by atoms with Crippen LogP contribution in [0.25, 0.3) is 0 Å². The zero-order valence-corrected chi connectivity index (χ0v) is 21.9. The van der Waals surface area contributed by atoms with Crippen LogP contribution in [0.2, 0.25) is 10.0 Å². The van der Waals surface area contributed by atoms with Crippen LogP contribution in [0.15, 0.2) is 46.9 Å². The van der Waals surface area contributed by atoms with E-state index in [2.05, 4.69) is 21.2 Å². The van der Waals surface area contributed by atoms with E-state index in [0.29, 0.717) is 22.3 Å². The molecule has 0 aliphatic heterocycles. The van der Waals surface area contributed by atoms with Crippen molar-refractivity contribution in [3.8, 4) is 0 Å². The SMILES string of the molecule is C[C@H](C(=O)NC1CCCC1)N(Cc1ccc(Br)cc1)C(=O)CSCc1c(Cl)cccc1Cl. The molecule has 0 radical (unpaired) electrons. The summed E-state index contributed by atoms with van der Waals surface area (Å²) in [7, 11) is 0. The lowest BCUT2D eigenvalue weighted by Gasteiger charge is -2.29. The van der Waals surface area contributed by atoms with Gasteiger partial charge in [0.25, 0.3) is 0 Å². The van der Waals surface area contributed by atoms with Crippen molar-refractivity contribution < 1.29 is 9.59 Å². The van der Waals surface area contributed by atoms with Gasteiger partial charge in [0.15, 0.2) is 0 Å². The Morgan fingerprint density at radius 2 is 1.75 bits per heavy atom. The molecule has 2 amide bonds. The largest absolute Gasteiger partial charge is 0.352 e. The Morgan fingerprint density at radius 1 is 1.12 bits per heavy atom. The standard InChI is InChI=1S/C24H27BrCl2N2O2S/c1-16(24(31)28-19-5-2-3-6-19)29(13-17-9-11-18(25)12-10-17)23(30)15-32-14-20-21(26)7-4-8-22(20)27/h4,7-12,16,19H,2-3,5-6,13-15H2,1H3,(H,28,31)/t16-/m1/s1. The van der Waals surface area contributed by atoms with Gasteiger partial charge >= 0.3 is 0 Å². The van der Waals surface area contributed by atoms with Gasteiger partial charge in [0.2, 0.25) is 11.8 Å². The number of carbonyl (C=O) groups excluding carboxylic acids is 2. The smallest absolute Gasteiger partial charge is 0.242 e. The number of thioether (sulfide) groups is 1. The maximum absolute atomic E-state index is 13.2. The molecule has 0 aromatic heterocycles. The zero-order valence-electron chi connectivity index (χ0n) is 18.0. The lowest BCUT2D eigenvalue weighted by atomic mass is 10.1. The Balaban J connectivity index is 1.67. The quantitative estimate of drug-likeness (QED) is 0.384. The molecule has 1 atom stereocenters. The van der Waals surface area contributed by atoms with Crippen LogP contribution in [0.1, 0.15) is 43.7 Å². The number of nitrogens with zero attached hydrogens (tertiary/aromatic N) is 1. The van der Waals surface area contributed by atoms with Crippen molar-refractivity contribution in [3.63, 3.8) is 0 Å². The average molecular weight is 558 g/mol. The average Bonchev–Trinajstić information content (AvgIpc) is 3.27. The highest BCUT2D eigenvalue weighted by molar-refractivity contribution is 9.10. The summed E-state index contributed by atoms with van der Waals surface area (Å²) in [5.41, 5.74) is 1.79. The van der Waals surface area contributed by atoms with E-state index in [1.165, 1.54) is 11.8 Å². The number of hydrogen-bond acceptors (Lipinski definition) is 3. The molecule has 1 N–H and O–H groups in total. The summed E-state index contributed by atoms with van der Waals surface area (Å²) in [6, 6.07) is 12.8. The van der Waals surface area contributed by atoms with Crippen LogP contribution in [-0.4, -0.2) is 34.6 Å². The van der Waals surface area contributed by atoms with Gasteiger partial charge in [0, 0.05) is 32.9 Å². The van der Waals surface area contributed by atoms with Crippen LogP contribution in [0.5, 0.6) is 0 Å². The van der Waals surface area contributed by atoms with E-state index in [1.807, 2.05) is 24.3 Å². The molecule has 1 aliphatic carbocycles. The second-order valence-corrected chi connectivity index (χ2v) is 10.7. The molecule has 0 bridgehead atoms. The highest BCUT2D eigenvalue weighted by atomic mass is 79.9. The van der Waals surface area contributed by atoms with Gasteiger partial charge in [-0.3, -0.25) is 9.59 Å². The maximum Gasteiger partial charge on any atom is 0.242 e. The van der Waals surface area contributed by atoms with Crippen molar-refractivity contribution >= 4 is 62.7 Å². The minimum absolute atomic E-state index is 0.0878. The van der Waals surface area contributed by atoms with E-state index in [4.69, 9.17) is 23.2 Å². The second kappa shape index (κ2) is 12.3. The van der Waals surface area contributed by atoms with Crippen molar-refractivity contribution in [1.82, 2.24) is 10.2 Å². The van der Waals surface area contributed by atoms with Crippen molar-refractivity contribution in [2.75, 3.05) is 5.75 Å². The molecule has 32 heavy (non-hydrogen) atoms. The van der Waals surface area contributed by atoms with Gasteiger partial charge in [0.1, 0.15) is 6.04 Å². The third kappa shape index (κ3) is 7.14. The van der Waals surface area contributed by atoms with Gasteiger partial charge in [-0.15, -0.1) is 11.8 Å². The van der Waals surface area contributed by atoms with Gasteiger partial charge in [-0.1, -0.05) is 70.2 Å². The third-order valence-electron chi connectivity index (χ3n) is 5.67. The first-order valence-corrected chi connectivity index (χ1v) is 13.4. The van der Waals surface area contributed by atoms with Crippen LogP contribution >= 0.6 is 50.9 Å². The summed E-state index contributed by atoms with van der Waals surface area (Å²) in [6.07, 6.45) is 4.30. The Bertz CT molecular complexity index is 916. The van der Waals surface area contributed by atoms with Gasteiger partial charge in [-0.2, -0.15) is 0 Å². The summed E-state index contributed by atoms with van der Waals surface area (Å²) in [4.78, 5) is 27.8. The molecule has 0 saturated heterocycles. The monoisotopic (exact) mass is 556 g/mol. The molecule has 1 aliphatic rings. The molecule has 0 unspecified atom stereocenters. The Morgan fingerprint density at radius 3 is 2.38 bits per heavy atom. The molecule has 0 spiro atoms. The first-order valence-electron chi connectivity index (χ1n) is 10.7. The molecule has 3 rings (SSSR count). The minimum atomic E-state index is -0.559. The van der Waals surface area contributed by atoms with Crippen molar-refractivity contribution in [2.45, 2.75) is 57.0 Å². The fourth-order valence-electron chi connectivity index (χ4n) is 3.75. The summed E-state index contributed by atoms with van der Waals surface area (Å²) in [5, 5.41) is 4.31. The normalized spacial score (nSPS) is 14.9. The number of hydrogen-bond donors (Lipinski definition) is 1. The fourth-order valence-corrected chi connectivity index (χ4v) is 5.67. The summed E-state index contributed by atoms with van der Waals surface area (Å²) >= 11 is 17.4. The molecule has 1 fully saturated rings. The molecule has 1 saturated carbocycles. The van der Waals surface area contributed by atoms with Gasteiger partial charge in [-0.05, 0) is 55.2 Å². The first-order chi connectivity index (χ1) is 15.3. The van der Waals surface area contributed by atoms with E-state index in [0.717, 1.165) is 41.3 Å². The van der Waals surface area contributed by atoms with E-state index in [9.17, 15) is 9.59 Å². The third-order valence-corrected chi connectivity index (χ3v) is 7.85. The number of nitrogens with one attached hydrogen (secondary N) is 1. The van der Waals surface area contributed by atoms with Crippen molar-refractivity contribution in [2.24, 2.45) is 0 Å². The van der Waals surface area contributed by atoms with Crippen LogP contribution in [0.3, 0.4) is 0 Å². The van der Waals surface area contributed by atoms with Gasteiger partial charge in [0.05, 0.1) is 5.75 Å². The molecule has 2 aromatic rings. The maximum atomic E-state index is 13.2.